The van der Waals surface area contributed by atoms with Crippen LogP contribution in [-0.2, 0) is 14.8 Å². The summed E-state index contributed by atoms with van der Waals surface area (Å²) in [5.74, 6) is -0.993. The van der Waals surface area contributed by atoms with E-state index in [0.717, 1.165) is 31.9 Å². The second-order valence-corrected chi connectivity index (χ2v) is 11.1. The molecule has 7 nitrogen and oxygen atoms in total. The van der Waals surface area contributed by atoms with Crippen molar-refractivity contribution in [3.63, 3.8) is 0 Å². The molecule has 204 valence electrons. The van der Waals surface area contributed by atoms with Gasteiger partial charge in [0.1, 0.15) is 0 Å². The molecule has 0 aliphatic carbocycles. The highest BCUT2D eigenvalue weighted by Crippen LogP contribution is 2.20. The second kappa shape index (κ2) is 18.9. The third-order valence-corrected chi connectivity index (χ3v) is 6.55. The number of amides is 1. The first-order valence-corrected chi connectivity index (χ1v) is 15.3. The molecule has 0 saturated heterocycles. The third-order valence-electron chi connectivity index (χ3n) is 5.96. The number of sulfonamides is 1. The molecule has 1 aromatic carbocycles. The first-order valence-electron chi connectivity index (χ1n) is 13.4. The van der Waals surface area contributed by atoms with E-state index in [2.05, 4.69) is 33.9 Å². The average molecular weight is 523 g/mol. The number of hydrogen-bond donors (Lipinski definition) is 2. The molecule has 0 radical (unpaired) electrons. The number of rotatable bonds is 20. The van der Waals surface area contributed by atoms with Gasteiger partial charge in [-0.25, -0.2) is 13.2 Å². The lowest BCUT2D eigenvalue weighted by Gasteiger charge is -2.12. The maximum atomic E-state index is 12.5. The molecule has 0 spiro atoms. The number of methoxy groups -OCH3 is 1. The van der Waals surface area contributed by atoms with Gasteiger partial charge in [0.2, 0.25) is 10.0 Å². The first-order chi connectivity index (χ1) is 17.3. The molecule has 0 atom stereocenters. The second-order valence-electron chi connectivity index (χ2n) is 9.32. The van der Waals surface area contributed by atoms with Crippen LogP contribution in [0.15, 0.2) is 30.4 Å². The zero-order chi connectivity index (χ0) is 26.7. The molecule has 1 rings (SSSR count). The lowest BCUT2D eigenvalue weighted by molar-refractivity contribution is 0.0601. The highest BCUT2D eigenvalue weighted by Gasteiger charge is 2.17. The quantitative estimate of drug-likeness (QED) is 0.114. The van der Waals surface area contributed by atoms with Crippen LogP contribution in [0.3, 0.4) is 0 Å². The highest BCUT2D eigenvalue weighted by atomic mass is 32.2. The summed E-state index contributed by atoms with van der Waals surface area (Å²) in [7, 11) is -2.41. The lowest BCUT2D eigenvalue weighted by Crippen LogP contribution is -2.25. The summed E-state index contributed by atoms with van der Waals surface area (Å²) in [6.45, 7) is 2.80. The van der Waals surface area contributed by atoms with Crippen LogP contribution in [-0.4, -0.2) is 40.2 Å². The third kappa shape index (κ3) is 14.9. The van der Waals surface area contributed by atoms with Crippen molar-refractivity contribution in [2.24, 2.45) is 0 Å². The summed E-state index contributed by atoms with van der Waals surface area (Å²) in [5.41, 5.74) is 0.348. The molecule has 8 heteroatoms. The van der Waals surface area contributed by atoms with Gasteiger partial charge in [0, 0.05) is 12.1 Å². The molecule has 0 aliphatic heterocycles. The van der Waals surface area contributed by atoms with Crippen molar-refractivity contribution < 1.29 is 22.7 Å². The van der Waals surface area contributed by atoms with Crippen LogP contribution in [0.2, 0.25) is 0 Å². The average Bonchev–Trinajstić information content (AvgIpc) is 2.84. The number of carbonyl (C=O) groups excluding carboxylic acids is 2. The minimum Gasteiger partial charge on any atom is -0.465 e. The zero-order valence-electron chi connectivity index (χ0n) is 22.4. The predicted molar refractivity (Wildman–Crippen MR) is 148 cm³/mol. The molecule has 0 aliphatic rings. The fourth-order valence-corrected chi connectivity index (χ4v) is 4.50. The van der Waals surface area contributed by atoms with Crippen LogP contribution < -0.4 is 10.0 Å². The minimum absolute atomic E-state index is 0.0225. The standard InChI is InChI=1S/C28H46N2O5S/c1-4-5-6-7-8-9-10-11-12-13-14-15-16-17-18-19-22-29-27(31)24-20-21-25(28(32)35-2)26(23-24)30-36(3,33)34/h11-12,20-21,23,30H,4-10,13-19,22H2,1-3H3,(H,29,31)/b12-11-. The van der Waals surface area contributed by atoms with Crippen LogP contribution in [0.5, 0.6) is 0 Å². The number of unbranched alkanes of at least 4 members (excludes halogenated alkanes) is 12. The molecular weight excluding hydrogens is 476 g/mol. The summed E-state index contributed by atoms with van der Waals surface area (Å²) in [4.78, 5) is 24.3. The van der Waals surface area contributed by atoms with Crippen LogP contribution in [0.25, 0.3) is 0 Å². The van der Waals surface area contributed by atoms with Gasteiger partial charge in [-0.1, -0.05) is 76.9 Å². The van der Waals surface area contributed by atoms with Crippen molar-refractivity contribution in [2.45, 2.75) is 96.8 Å². The van der Waals surface area contributed by atoms with E-state index >= 15 is 0 Å². The van der Waals surface area contributed by atoms with Gasteiger partial charge in [-0.15, -0.1) is 0 Å². The van der Waals surface area contributed by atoms with Gasteiger partial charge in [-0.05, 0) is 50.3 Å². The van der Waals surface area contributed by atoms with Crippen molar-refractivity contribution in [3.8, 4) is 0 Å². The fourth-order valence-electron chi connectivity index (χ4n) is 3.93. The number of anilines is 1. The molecular formula is C28H46N2O5S. The SMILES string of the molecule is CCCCCCCC/C=C\CCCCCCCCNC(=O)c1ccc(C(=O)OC)c(NS(C)(=O)=O)c1. The van der Waals surface area contributed by atoms with E-state index in [-0.39, 0.29) is 22.7 Å². The summed E-state index contributed by atoms with van der Waals surface area (Å²) in [6.07, 6.45) is 22.9. The molecule has 1 aromatic rings. The molecule has 0 fully saturated rings. The van der Waals surface area contributed by atoms with Gasteiger partial charge in [0.25, 0.3) is 5.91 Å². The Morgan fingerprint density at radius 2 is 1.42 bits per heavy atom. The number of benzene rings is 1. The van der Waals surface area contributed by atoms with Crippen molar-refractivity contribution in [2.75, 3.05) is 24.6 Å². The van der Waals surface area contributed by atoms with Gasteiger partial charge < -0.3 is 10.1 Å². The van der Waals surface area contributed by atoms with E-state index in [1.54, 1.807) is 0 Å². The summed E-state index contributed by atoms with van der Waals surface area (Å²) >= 11 is 0. The van der Waals surface area contributed by atoms with Crippen LogP contribution in [0.1, 0.15) is 118 Å². The van der Waals surface area contributed by atoms with E-state index in [1.807, 2.05) is 0 Å². The normalized spacial score (nSPS) is 11.5. The van der Waals surface area contributed by atoms with Crippen molar-refractivity contribution in [3.05, 3.63) is 41.5 Å². The maximum Gasteiger partial charge on any atom is 0.339 e. The van der Waals surface area contributed by atoms with E-state index < -0.39 is 16.0 Å². The topological polar surface area (TPSA) is 102 Å². The van der Waals surface area contributed by atoms with E-state index in [0.29, 0.717) is 6.54 Å². The fraction of sp³-hybridized carbons (Fsp3) is 0.643. The number of allylic oxidation sites excluding steroid dienone is 2. The number of hydrogen-bond acceptors (Lipinski definition) is 5. The van der Waals surface area contributed by atoms with Gasteiger partial charge >= 0.3 is 5.97 Å². The molecule has 0 saturated carbocycles. The van der Waals surface area contributed by atoms with Gasteiger partial charge in [0.05, 0.1) is 24.6 Å². The van der Waals surface area contributed by atoms with Crippen LogP contribution in [0.4, 0.5) is 5.69 Å². The zero-order valence-corrected chi connectivity index (χ0v) is 23.3. The Balaban J connectivity index is 2.19. The minimum atomic E-state index is -3.62. The Bertz CT molecular complexity index is 913. The van der Waals surface area contributed by atoms with E-state index in [4.69, 9.17) is 0 Å². The van der Waals surface area contributed by atoms with Crippen LogP contribution >= 0.6 is 0 Å². The Kier molecular flexibility index (Phi) is 16.6. The Morgan fingerprint density at radius 1 is 0.861 bits per heavy atom. The molecule has 2 N–H and O–H groups in total. The first kappa shape index (κ1) is 31.7. The van der Waals surface area contributed by atoms with Crippen molar-refractivity contribution >= 4 is 27.6 Å². The predicted octanol–water partition coefficient (Wildman–Crippen LogP) is 6.61. The van der Waals surface area contributed by atoms with Gasteiger partial charge in [-0.3, -0.25) is 9.52 Å². The molecule has 0 unspecified atom stereocenters. The molecule has 36 heavy (non-hydrogen) atoms. The summed E-state index contributed by atoms with van der Waals surface area (Å²) < 4.78 is 30.2. The lowest BCUT2D eigenvalue weighted by atomic mass is 10.1. The molecule has 0 bridgehead atoms. The largest absolute Gasteiger partial charge is 0.465 e. The number of esters is 1. The summed E-state index contributed by atoms with van der Waals surface area (Å²) in [5, 5.41) is 2.86. The van der Waals surface area contributed by atoms with Gasteiger partial charge in [-0.2, -0.15) is 0 Å². The molecule has 1 amide bonds. The number of nitrogens with one attached hydrogen (secondary N) is 2. The summed E-state index contributed by atoms with van der Waals surface area (Å²) in [6, 6.07) is 4.22. The Labute approximate surface area is 218 Å². The van der Waals surface area contributed by atoms with Crippen molar-refractivity contribution in [1.29, 1.82) is 0 Å². The van der Waals surface area contributed by atoms with Crippen molar-refractivity contribution in [1.82, 2.24) is 5.32 Å². The monoisotopic (exact) mass is 522 g/mol. The molecule has 0 heterocycles. The Morgan fingerprint density at radius 3 is 1.97 bits per heavy atom. The smallest absolute Gasteiger partial charge is 0.339 e. The highest BCUT2D eigenvalue weighted by molar-refractivity contribution is 7.92. The number of ether oxygens (including phenoxy) is 1. The van der Waals surface area contributed by atoms with Gasteiger partial charge in [0.15, 0.2) is 0 Å². The molecule has 0 aromatic heterocycles. The number of carbonyl (C=O) groups is 2. The maximum absolute atomic E-state index is 12.5. The van der Waals surface area contributed by atoms with E-state index in [9.17, 15) is 18.0 Å². The van der Waals surface area contributed by atoms with E-state index in [1.165, 1.54) is 89.5 Å². The Hall–Kier alpha value is -2.35. The van der Waals surface area contributed by atoms with Crippen LogP contribution in [0, 0.1) is 0 Å².